The van der Waals surface area contributed by atoms with Gasteiger partial charge in [-0.25, -0.2) is 0 Å². The molecule has 0 radical (unpaired) electrons. The van der Waals surface area contributed by atoms with Gasteiger partial charge in [0, 0.05) is 19.2 Å². The minimum absolute atomic E-state index is 0.205. The topological polar surface area (TPSA) is 66.5 Å². The van der Waals surface area contributed by atoms with E-state index in [1.54, 1.807) is 13.8 Å². The van der Waals surface area contributed by atoms with Crippen LogP contribution in [0.25, 0.3) is 0 Å². The Labute approximate surface area is 118 Å². The van der Waals surface area contributed by atoms with Crippen LogP contribution in [0.4, 0.5) is 0 Å². The van der Waals surface area contributed by atoms with E-state index in [4.69, 9.17) is 0 Å². The molecule has 0 saturated heterocycles. The van der Waals surface area contributed by atoms with Gasteiger partial charge in [-0.2, -0.15) is 0 Å². The van der Waals surface area contributed by atoms with E-state index in [1.807, 2.05) is 13.8 Å². The second-order valence-electron chi connectivity index (χ2n) is 5.03. The van der Waals surface area contributed by atoms with Crippen LogP contribution in [-0.2, 0) is 0 Å². The van der Waals surface area contributed by atoms with Crippen LogP contribution >= 0.6 is 0 Å². The Morgan fingerprint density at radius 2 is 1.50 bits per heavy atom. The lowest BCUT2D eigenvalue weighted by atomic mass is 9.89. The normalized spacial score (nSPS) is 13.8. The van der Waals surface area contributed by atoms with Gasteiger partial charge in [0.15, 0.2) is 0 Å². The van der Waals surface area contributed by atoms with Crippen LogP contribution in [-0.4, -0.2) is 36.2 Å². The molecule has 1 N–H and O–H groups in total. The summed E-state index contributed by atoms with van der Waals surface area (Å²) in [5.74, 6) is -0.837. The average molecular weight is 274 g/mol. The molecular weight excluding hydrogens is 256 g/mol. The maximum atomic E-state index is 12.2. The number of amides is 3. The highest BCUT2D eigenvalue weighted by Crippen LogP contribution is 2.33. The van der Waals surface area contributed by atoms with Crippen molar-refractivity contribution < 1.29 is 14.4 Å². The van der Waals surface area contributed by atoms with Crippen molar-refractivity contribution in [1.29, 1.82) is 0 Å². The van der Waals surface area contributed by atoms with Crippen molar-refractivity contribution >= 4 is 17.7 Å². The third kappa shape index (κ3) is 1.73. The Morgan fingerprint density at radius 3 is 2.00 bits per heavy atom. The molecule has 3 amide bonds. The van der Waals surface area contributed by atoms with E-state index in [2.05, 4.69) is 5.32 Å². The van der Waals surface area contributed by atoms with Gasteiger partial charge < -0.3 is 5.32 Å². The van der Waals surface area contributed by atoms with Crippen molar-refractivity contribution in [2.75, 3.05) is 13.6 Å². The van der Waals surface area contributed by atoms with Crippen LogP contribution in [0.3, 0.4) is 0 Å². The molecule has 5 heteroatoms. The van der Waals surface area contributed by atoms with Gasteiger partial charge in [-0.3, -0.25) is 19.3 Å². The number of hydrogen-bond acceptors (Lipinski definition) is 3. The maximum Gasteiger partial charge on any atom is 0.261 e. The monoisotopic (exact) mass is 274 g/mol. The molecule has 106 valence electrons. The largest absolute Gasteiger partial charge is 0.352 e. The summed E-state index contributed by atoms with van der Waals surface area (Å²) in [7, 11) is 1.46. The molecule has 0 aliphatic carbocycles. The standard InChI is InChI=1S/C15H18N2O3/c1-6-16-13(18)10-7(2)8(3)11-12(9(10)4)15(20)17(5)14(11)19/h6H2,1-5H3,(H,16,18). The average Bonchev–Trinajstić information content (AvgIpc) is 2.61. The number of fused-ring (bicyclic) bond motifs is 1. The first-order valence-corrected chi connectivity index (χ1v) is 6.57. The lowest BCUT2D eigenvalue weighted by Gasteiger charge is -2.15. The molecule has 20 heavy (non-hydrogen) atoms. The summed E-state index contributed by atoms with van der Waals surface area (Å²) < 4.78 is 0. The van der Waals surface area contributed by atoms with E-state index in [0.29, 0.717) is 34.4 Å². The number of imide groups is 1. The highest BCUT2D eigenvalue weighted by atomic mass is 16.2. The zero-order valence-corrected chi connectivity index (χ0v) is 12.4. The first kappa shape index (κ1) is 14.2. The van der Waals surface area contributed by atoms with E-state index in [-0.39, 0.29) is 17.7 Å². The van der Waals surface area contributed by atoms with Crippen molar-refractivity contribution in [3.63, 3.8) is 0 Å². The fraction of sp³-hybridized carbons (Fsp3) is 0.400. The highest BCUT2D eigenvalue weighted by Gasteiger charge is 2.38. The quantitative estimate of drug-likeness (QED) is 0.833. The molecule has 2 rings (SSSR count). The van der Waals surface area contributed by atoms with Gasteiger partial charge in [-0.1, -0.05) is 0 Å². The van der Waals surface area contributed by atoms with Crippen LogP contribution in [0.2, 0.25) is 0 Å². The van der Waals surface area contributed by atoms with E-state index in [9.17, 15) is 14.4 Å². The van der Waals surface area contributed by atoms with Crippen LogP contribution in [0.15, 0.2) is 0 Å². The summed E-state index contributed by atoms with van der Waals surface area (Å²) in [5.41, 5.74) is 3.33. The predicted molar refractivity (Wildman–Crippen MR) is 75.1 cm³/mol. The maximum absolute atomic E-state index is 12.2. The molecule has 0 aromatic heterocycles. The number of carbonyl (C=O) groups is 3. The molecular formula is C15H18N2O3. The van der Waals surface area contributed by atoms with Gasteiger partial charge >= 0.3 is 0 Å². The van der Waals surface area contributed by atoms with Crippen molar-refractivity contribution in [2.45, 2.75) is 27.7 Å². The van der Waals surface area contributed by atoms with Gasteiger partial charge in [0.2, 0.25) is 0 Å². The zero-order chi connectivity index (χ0) is 15.2. The minimum Gasteiger partial charge on any atom is -0.352 e. The number of nitrogens with one attached hydrogen (secondary N) is 1. The van der Waals surface area contributed by atoms with E-state index >= 15 is 0 Å². The van der Waals surface area contributed by atoms with Gasteiger partial charge in [0.1, 0.15) is 0 Å². The summed E-state index contributed by atoms with van der Waals surface area (Å²) in [4.78, 5) is 37.6. The first-order chi connectivity index (χ1) is 9.32. The number of benzene rings is 1. The summed E-state index contributed by atoms with van der Waals surface area (Å²) in [6.45, 7) is 7.66. The fourth-order valence-electron chi connectivity index (χ4n) is 2.71. The van der Waals surface area contributed by atoms with Crippen molar-refractivity contribution in [1.82, 2.24) is 10.2 Å². The predicted octanol–water partition coefficient (Wildman–Crippen LogP) is 1.59. The van der Waals surface area contributed by atoms with Crippen molar-refractivity contribution in [3.05, 3.63) is 33.4 Å². The molecule has 1 aromatic rings. The fourth-order valence-corrected chi connectivity index (χ4v) is 2.71. The molecule has 1 aromatic carbocycles. The molecule has 0 fully saturated rings. The van der Waals surface area contributed by atoms with Crippen LogP contribution < -0.4 is 5.32 Å². The second-order valence-corrected chi connectivity index (χ2v) is 5.03. The van der Waals surface area contributed by atoms with Crippen molar-refractivity contribution in [3.8, 4) is 0 Å². The van der Waals surface area contributed by atoms with Crippen molar-refractivity contribution in [2.24, 2.45) is 0 Å². The Morgan fingerprint density at radius 1 is 1.00 bits per heavy atom. The summed E-state index contributed by atoms with van der Waals surface area (Å²) in [5, 5.41) is 2.75. The molecule has 0 spiro atoms. The molecule has 0 saturated carbocycles. The Kier molecular flexibility index (Phi) is 3.38. The number of rotatable bonds is 2. The smallest absolute Gasteiger partial charge is 0.261 e. The van der Waals surface area contributed by atoms with Gasteiger partial charge in [0.25, 0.3) is 17.7 Å². The zero-order valence-electron chi connectivity index (χ0n) is 12.4. The lowest BCUT2D eigenvalue weighted by molar-refractivity contribution is 0.0692. The Hall–Kier alpha value is -2.17. The number of hydrogen-bond donors (Lipinski definition) is 1. The molecule has 5 nitrogen and oxygen atoms in total. The summed E-state index contributed by atoms with van der Waals surface area (Å²) >= 11 is 0. The van der Waals surface area contributed by atoms with Crippen LogP contribution in [0.1, 0.15) is 54.7 Å². The highest BCUT2D eigenvalue weighted by molar-refractivity contribution is 6.23. The summed E-state index contributed by atoms with van der Waals surface area (Å²) in [6, 6.07) is 0. The van der Waals surface area contributed by atoms with Crippen LogP contribution in [0, 0.1) is 20.8 Å². The van der Waals surface area contributed by atoms with E-state index < -0.39 is 0 Å². The number of nitrogens with zero attached hydrogens (tertiary/aromatic N) is 1. The molecule has 1 heterocycles. The molecule has 1 aliphatic heterocycles. The molecule has 0 atom stereocenters. The summed E-state index contributed by atoms with van der Waals surface area (Å²) in [6.07, 6.45) is 0. The van der Waals surface area contributed by atoms with E-state index in [1.165, 1.54) is 7.05 Å². The number of carbonyl (C=O) groups excluding carboxylic acids is 3. The van der Waals surface area contributed by atoms with Crippen LogP contribution in [0.5, 0.6) is 0 Å². The Balaban J connectivity index is 2.79. The van der Waals surface area contributed by atoms with Gasteiger partial charge in [0.05, 0.1) is 11.1 Å². The van der Waals surface area contributed by atoms with E-state index in [0.717, 1.165) is 10.5 Å². The van der Waals surface area contributed by atoms with Gasteiger partial charge in [-0.15, -0.1) is 0 Å². The molecule has 1 aliphatic rings. The Bertz CT molecular complexity index is 647. The first-order valence-electron chi connectivity index (χ1n) is 6.57. The second kappa shape index (κ2) is 4.74. The molecule has 0 bridgehead atoms. The third-order valence-corrected chi connectivity index (χ3v) is 3.91. The minimum atomic E-state index is -0.337. The lowest BCUT2D eigenvalue weighted by Crippen LogP contribution is -2.26. The SMILES string of the molecule is CCNC(=O)c1c(C)c(C)c2c(c1C)C(=O)N(C)C2=O. The third-order valence-electron chi connectivity index (χ3n) is 3.91. The van der Waals surface area contributed by atoms with Gasteiger partial charge in [-0.05, 0) is 44.4 Å². The molecule has 0 unspecified atom stereocenters.